The van der Waals surface area contributed by atoms with Crippen LogP contribution in [0.2, 0.25) is 0 Å². The number of hydroxylamine groups is 1. The first-order valence-corrected chi connectivity index (χ1v) is 13.4. The maximum atomic E-state index is 15.0. The van der Waals surface area contributed by atoms with Crippen LogP contribution >= 0.6 is 0 Å². The minimum Gasteiger partial charge on any atom is -0.593 e. The van der Waals surface area contributed by atoms with E-state index < -0.39 is 34.8 Å². The Labute approximate surface area is 217 Å². The van der Waals surface area contributed by atoms with E-state index in [9.17, 15) is 18.5 Å². The molecule has 3 N–H and O–H groups in total. The van der Waals surface area contributed by atoms with Crippen molar-refractivity contribution < 1.29 is 27.8 Å². The van der Waals surface area contributed by atoms with Gasteiger partial charge in [-0.2, -0.15) is 4.31 Å². The van der Waals surface area contributed by atoms with Crippen molar-refractivity contribution in [1.29, 1.82) is 0 Å². The third-order valence-electron chi connectivity index (χ3n) is 6.15. The Bertz CT molecular complexity index is 1190. The van der Waals surface area contributed by atoms with E-state index in [2.05, 4.69) is 21.1 Å². The summed E-state index contributed by atoms with van der Waals surface area (Å²) in [5.41, 5.74) is 2.40. The molecular formula is C24H30F2N6O4S. The van der Waals surface area contributed by atoms with Gasteiger partial charge in [-0.15, -0.1) is 0 Å². The average Bonchev–Trinajstić information content (AvgIpc) is 3.66. The summed E-state index contributed by atoms with van der Waals surface area (Å²) >= 11 is -1.41. The largest absolute Gasteiger partial charge is 0.593 e. The maximum absolute atomic E-state index is 15.0. The maximum Gasteiger partial charge on any atom is 0.323 e. The Balaban J connectivity index is 1.68. The third kappa shape index (κ3) is 6.22. The summed E-state index contributed by atoms with van der Waals surface area (Å²) in [6.07, 6.45) is 4.51. The molecule has 2 aliphatic rings. The highest BCUT2D eigenvalue weighted by Gasteiger charge is 2.41. The molecule has 1 saturated carbocycles. The minimum absolute atomic E-state index is 0.0464. The zero-order valence-electron chi connectivity index (χ0n) is 21.1. The van der Waals surface area contributed by atoms with Crippen molar-refractivity contribution in [2.75, 3.05) is 47.9 Å². The number of benzene rings is 1. The SMILES string of the molecule is CCONC(=O)c1cnc(NC(=O)N2CC(C)(F)C2)cc1Nc1cc(F)c(C2CC2)cc1N(C)[S+](C)[O-]. The van der Waals surface area contributed by atoms with Crippen molar-refractivity contribution in [3.8, 4) is 0 Å². The van der Waals surface area contributed by atoms with Crippen molar-refractivity contribution in [2.24, 2.45) is 0 Å². The highest BCUT2D eigenvalue weighted by Crippen LogP contribution is 2.45. The number of alkyl halides is 1. The molecule has 0 bridgehead atoms. The van der Waals surface area contributed by atoms with Crippen molar-refractivity contribution in [1.82, 2.24) is 15.4 Å². The fourth-order valence-corrected chi connectivity index (χ4v) is 4.44. The van der Waals surface area contributed by atoms with Gasteiger partial charge >= 0.3 is 6.03 Å². The quantitative estimate of drug-likeness (QED) is 0.329. The summed E-state index contributed by atoms with van der Waals surface area (Å²) < 4.78 is 42.6. The van der Waals surface area contributed by atoms with E-state index in [1.807, 2.05) is 0 Å². The van der Waals surface area contributed by atoms with E-state index in [0.29, 0.717) is 11.3 Å². The predicted molar refractivity (Wildman–Crippen MR) is 138 cm³/mol. The fraction of sp³-hybridized carbons (Fsp3) is 0.458. The summed E-state index contributed by atoms with van der Waals surface area (Å²) in [6, 6.07) is 3.84. The second kappa shape index (κ2) is 10.7. The number of nitrogens with one attached hydrogen (secondary N) is 3. The lowest BCUT2D eigenvalue weighted by Gasteiger charge is -2.41. The van der Waals surface area contributed by atoms with Crippen LogP contribution in [-0.2, 0) is 16.2 Å². The normalized spacial score (nSPS) is 17.0. The zero-order valence-corrected chi connectivity index (χ0v) is 21.9. The van der Waals surface area contributed by atoms with Gasteiger partial charge in [0.25, 0.3) is 5.91 Å². The van der Waals surface area contributed by atoms with Gasteiger partial charge in [0.05, 0.1) is 55.0 Å². The molecule has 1 aromatic heterocycles. The van der Waals surface area contributed by atoms with Gasteiger partial charge in [0.1, 0.15) is 29.2 Å². The van der Waals surface area contributed by atoms with Crippen molar-refractivity contribution >= 4 is 46.2 Å². The van der Waals surface area contributed by atoms with Gasteiger partial charge in [-0.25, -0.2) is 24.0 Å². The first-order valence-electron chi connectivity index (χ1n) is 11.8. The predicted octanol–water partition coefficient (Wildman–Crippen LogP) is 3.83. The number of likely N-dealkylation sites (tertiary alicyclic amines) is 1. The second-order valence-electron chi connectivity index (χ2n) is 9.39. The van der Waals surface area contributed by atoms with Crippen LogP contribution < -0.4 is 20.4 Å². The number of carbonyl (C=O) groups is 2. The first-order chi connectivity index (χ1) is 17.5. The molecule has 1 aromatic carbocycles. The third-order valence-corrected chi connectivity index (χ3v) is 7.12. The van der Waals surface area contributed by atoms with E-state index in [-0.39, 0.29) is 48.4 Å². The molecule has 1 aliphatic heterocycles. The Kier molecular flexibility index (Phi) is 7.76. The molecule has 2 fully saturated rings. The molecule has 3 amide bonds. The van der Waals surface area contributed by atoms with Gasteiger partial charge < -0.3 is 14.8 Å². The summed E-state index contributed by atoms with van der Waals surface area (Å²) in [5, 5.41) is 5.64. The number of aromatic nitrogens is 1. The van der Waals surface area contributed by atoms with Crippen molar-refractivity contribution in [2.45, 2.75) is 38.3 Å². The van der Waals surface area contributed by atoms with E-state index in [4.69, 9.17) is 4.84 Å². The number of nitrogens with zero attached hydrogens (tertiary/aromatic N) is 3. The fourth-order valence-electron chi connectivity index (χ4n) is 4.01. The van der Waals surface area contributed by atoms with Gasteiger partial charge in [0.15, 0.2) is 0 Å². The number of carbonyl (C=O) groups excluding carboxylic acids is 2. The summed E-state index contributed by atoms with van der Waals surface area (Å²) in [7, 11) is 1.62. The monoisotopic (exact) mass is 536 g/mol. The Morgan fingerprint density at radius 3 is 2.59 bits per heavy atom. The van der Waals surface area contributed by atoms with Crippen LogP contribution in [0.25, 0.3) is 0 Å². The van der Waals surface area contributed by atoms with Crippen molar-refractivity contribution in [3.05, 3.63) is 41.3 Å². The molecule has 1 aliphatic carbocycles. The van der Waals surface area contributed by atoms with Gasteiger partial charge in [-0.3, -0.25) is 14.9 Å². The van der Waals surface area contributed by atoms with Gasteiger partial charge in [0.2, 0.25) is 0 Å². The number of urea groups is 1. The number of rotatable bonds is 9. The number of anilines is 4. The lowest BCUT2D eigenvalue weighted by Crippen LogP contribution is -2.60. The van der Waals surface area contributed by atoms with Gasteiger partial charge in [-0.05, 0) is 50.3 Å². The minimum atomic E-state index is -1.43. The standard InChI is InChI=1S/C24H30F2N6O4S/c1-5-36-30-22(33)16-11-27-21(29-23(34)32-12-24(2,26)13-32)10-18(16)28-19-9-17(25)15(14-6-7-14)8-20(19)31(3)37(4)35/h8-11,14H,5-7,12-13H2,1-4H3,(H,30,33)(H2,27,28,29,34). The number of hydrogen-bond donors (Lipinski definition) is 3. The van der Waals surface area contributed by atoms with Crippen molar-refractivity contribution in [3.63, 3.8) is 0 Å². The smallest absolute Gasteiger partial charge is 0.323 e. The van der Waals surface area contributed by atoms with Gasteiger partial charge in [0, 0.05) is 12.3 Å². The van der Waals surface area contributed by atoms with Crippen LogP contribution in [0.5, 0.6) is 0 Å². The topological polar surface area (TPSA) is 122 Å². The van der Waals surface area contributed by atoms with E-state index in [1.165, 1.54) is 40.7 Å². The number of halogens is 2. The second-order valence-corrected chi connectivity index (χ2v) is 10.8. The number of amides is 3. The molecular weight excluding hydrogens is 506 g/mol. The molecule has 1 saturated heterocycles. The highest BCUT2D eigenvalue weighted by molar-refractivity contribution is 7.92. The molecule has 0 spiro atoms. The van der Waals surface area contributed by atoms with E-state index >= 15 is 4.39 Å². The van der Waals surface area contributed by atoms with E-state index in [1.54, 1.807) is 20.0 Å². The molecule has 2 aromatic rings. The molecule has 4 rings (SSSR count). The molecule has 200 valence electrons. The number of pyridine rings is 1. The molecule has 1 unspecified atom stereocenters. The van der Waals surface area contributed by atoms with Crippen LogP contribution in [0.1, 0.15) is 48.5 Å². The summed E-state index contributed by atoms with van der Waals surface area (Å²) in [4.78, 5) is 35.7. The van der Waals surface area contributed by atoms with Gasteiger partial charge in [-0.1, -0.05) is 0 Å². The lowest BCUT2D eigenvalue weighted by molar-refractivity contribution is 0.0144. The molecule has 10 nitrogen and oxygen atoms in total. The van der Waals surface area contributed by atoms with Crippen LogP contribution in [0.3, 0.4) is 0 Å². The Hall–Kier alpha value is -3.16. The number of hydrogen-bond acceptors (Lipinski definition) is 7. The lowest BCUT2D eigenvalue weighted by atomic mass is 10.00. The molecule has 37 heavy (non-hydrogen) atoms. The van der Waals surface area contributed by atoms with Crippen LogP contribution in [0.4, 0.5) is 36.5 Å². The Morgan fingerprint density at radius 2 is 2.00 bits per heavy atom. The summed E-state index contributed by atoms with van der Waals surface area (Å²) in [5.74, 6) is -0.819. The molecule has 13 heteroatoms. The van der Waals surface area contributed by atoms with Crippen LogP contribution in [-0.4, -0.2) is 65.0 Å². The molecule has 2 heterocycles. The van der Waals surface area contributed by atoms with Crippen LogP contribution in [0.15, 0.2) is 24.4 Å². The zero-order chi connectivity index (χ0) is 26.9. The highest BCUT2D eigenvalue weighted by atomic mass is 32.2. The Morgan fingerprint density at radius 1 is 1.30 bits per heavy atom. The molecule has 1 atom stereocenters. The average molecular weight is 537 g/mol. The first kappa shape index (κ1) is 26.9. The van der Waals surface area contributed by atoms with E-state index in [0.717, 1.165) is 12.8 Å². The molecule has 0 radical (unpaired) electrons. The summed E-state index contributed by atoms with van der Waals surface area (Å²) in [6.45, 7) is 3.25. The van der Waals surface area contributed by atoms with Crippen LogP contribution in [0, 0.1) is 5.82 Å².